The van der Waals surface area contributed by atoms with E-state index >= 15 is 8.78 Å². The number of rotatable bonds is 5. The lowest BCUT2D eigenvalue weighted by Crippen LogP contribution is -2.55. The lowest BCUT2D eigenvalue weighted by Gasteiger charge is -2.44. The Morgan fingerprint density at radius 2 is 1.77 bits per heavy atom. The summed E-state index contributed by atoms with van der Waals surface area (Å²) < 4.78 is 78.4. The molecule has 2 atom stereocenters. The number of nitrogens with zero attached hydrogens (tertiary/aromatic N) is 3. The molecule has 1 aromatic heterocycles. The molecule has 0 spiro atoms. The van der Waals surface area contributed by atoms with Crippen LogP contribution in [0.5, 0.6) is 0 Å². The molecular weight excluding hydrogens is 577 g/mol. The molecule has 9 nitrogen and oxygen atoms in total. The number of H-pyrrole nitrogens is 1. The largest absolute Gasteiger partial charge is 0.447 e. The van der Waals surface area contributed by atoms with Crippen LogP contribution < -0.4 is 15.8 Å². The van der Waals surface area contributed by atoms with Gasteiger partial charge in [0.1, 0.15) is 11.5 Å². The molecule has 234 valence electrons. The summed E-state index contributed by atoms with van der Waals surface area (Å²) in [6.45, 7) is 7.99. The third-order valence-electron chi connectivity index (χ3n) is 7.74. The number of benzene rings is 1. The Kier molecular flexibility index (Phi) is 9.19. The first-order valence-electron chi connectivity index (χ1n) is 13.8. The minimum atomic E-state index is -5.05. The number of nitrogens with one attached hydrogen (secondary N) is 2. The lowest BCUT2D eigenvalue weighted by atomic mass is 9.96. The zero-order chi connectivity index (χ0) is 31.8. The predicted molar refractivity (Wildman–Crippen MR) is 151 cm³/mol. The summed E-state index contributed by atoms with van der Waals surface area (Å²) >= 11 is 0. The Bertz CT molecular complexity index is 1480. The number of alkyl halides is 3. The van der Waals surface area contributed by atoms with Gasteiger partial charge in [-0.3, -0.25) is 14.5 Å². The molecule has 0 bridgehead atoms. The highest BCUT2D eigenvalue weighted by atomic mass is 19.4. The average molecular weight is 612 g/mol. The van der Waals surface area contributed by atoms with E-state index in [0.717, 1.165) is 6.07 Å². The Hall–Kier alpha value is -3.94. The number of halogens is 5. The second-order valence-electron chi connectivity index (χ2n) is 11.1. The number of aromatic amines is 1. The highest BCUT2D eigenvalue weighted by Crippen LogP contribution is 2.40. The molecule has 43 heavy (non-hydrogen) atoms. The second-order valence-corrected chi connectivity index (χ2v) is 11.1. The smallest absolute Gasteiger partial charge is 0.417 e. The number of amides is 2. The number of carbonyl (C=O) groups is 2. The average Bonchev–Trinajstić information content (AvgIpc) is 2.92. The highest BCUT2D eigenvalue weighted by molar-refractivity contribution is 6.07. The number of hydrogen-bond acceptors (Lipinski definition) is 6. The fraction of sp³-hybridized carbons (Fsp3) is 0.483. The zero-order valence-corrected chi connectivity index (χ0v) is 24.4. The molecule has 1 saturated heterocycles. The summed E-state index contributed by atoms with van der Waals surface area (Å²) in [5, 5.41) is 2.25. The van der Waals surface area contributed by atoms with E-state index in [0.29, 0.717) is 19.3 Å². The topological polar surface area (TPSA) is 98.0 Å². The van der Waals surface area contributed by atoms with Gasteiger partial charge in [-0.15, -0.1) is 0 Å². The lowest BCUT2D eigenvalue weighted by molar-refractivity contribution is -0.138. The van der Waals surface area contributed by atoms with Crippen LogP contribution in [0.25, 0.3) is 5.57 Å². The third kappa shape index (κ3) is 6.84. The summed E-state index contributed by atoms with van der Waals surface area (Å²) in [7, 11) is 1.91. The summed E-state index contributed by atoms with van der Waals surface area (Å²) in [5.41, 5.74) is -4.25. The molecule has 2 amide bonds. The summed E-state index contributed by atoms with van der Waals surface area (Å²) in [6, 6.07) is 1.21. The van der Waals surface area contributed by atoms with Crippen LogP contribution in [0.2, 0.25) is 0 Å². The monoisotopic (exact) mass is 611 g/mol. The van der Waals surface area contributed by atoms with Gasteiger partial charge < -0.3 is 24.8 Å². The van der Waals surface area contributed by atoms with Gasteiger partial charge in [-0.25, -0.2) is 13.6 Å². The molecule has 3 heterocycles. The first-order valence-corrected chi connectivity index (χ1v) is 13.8. The van der Waals surface area contributed by atoms with Gasteiger partial charge in [0.05, 0.1) is 28.5 Å². The number of carbonyl (C=O) groups excluding carboxylic acids is 2. The molecular formula is C29H34F5N5O4. The fourth-order valence-corrected chi connectivity index (χ4v) is 5.28. The minimum absolute atomic E-state index is 0.0169. The fourth-order valence-electron chi connectivity index (χ4n) is 5.28. The van der Waals surface area contributed by atoms with Crippen LogP contribution in [-0.4, -0.2) is 78.2 Å². The maximum absolute atomic E-state index is 16.4. The maximum Gasteiger partial charge on any atom is 0.417 e. The van der Waals surface area contributed by atoms with Crippen molar-refractivity contribution in [1.82, 2.24) is 14.8 Å². The Morgan fingerprint density at radius 3 is 2.33 bits per heavy atom. The Morgan fingerprint density at radius 1 is 1.12 bits per heavy atom. The number of hydrogen-bond donors (Lipinski definition) is 2. The van der Waals surface area contributed by atoms with Crippen molar-refractivity contribution in [2.45, 2.75) is 58.5 Å². The number of likely N-dealkylation sites (N-methyl/N-ethyl adjacent to an activating group) is 1. The van der Waals surface area contributed by atoms with Crippen molar-refractivity contribution in [1.29, 1.82) is 0 Å². The van der Waals surface area contributed by atoms with Crippen LogP contribution in [-0.2, 0) is 10.9 Å². The van der Waals surface area contributed by atoms with E-state index < -0.39 is 57.7 Å². The van der Waals surface area contributed by atoms with Gasteiger partial charge in [-0.2, -0.15) is 13.2 Å². The van der Waals surface area contributed by atoms with E-state index in [4.69, 9.17) is 4.74 Å². The van der Waals surface area contributed by atoms with Crippen LogP contribution in [0.3, 0.4) is 0 Å². The van der Waals surface area contributed by atoms with E-state index in [2.05, 4.69) is 10.2 Å². The van der Waals surface area contributed by atoms with Gasteiger partial charge >= 0.3 is 12.3 Å². The van der Waals surface area contributed by atoms with Crippen molar-refractivity contribution in [3.63, 3.8) is 0 Å². The van der Waals surface area contributed by atoms with E-state index in [9.17, 15) is 27.6 Å². The molecule has 0 radical (unpaired) electrons. The molecule has 0 unspecified atom stereocenters. The minimum Gasteiger partial charge on any atom is -0.447 e. The van der Waals surface area contributed by atoms with E-state index in [-0.39, 0.29) is 55.0 Å². The van der Waals surface area contributed by atoms with Crippen molar-refractivity contribution in [3.8, 4) is 0 Å². The second kappa shape index (κ2) is 12.3. The van der Waals surface area contributed by atoms with E-state index in [1.165, 1.54) is 11.0 Å². The van der Waals surface area contributed by atoms with E-state index in [1.54, 1.807) is 18.7 Å². The van der Waals surface area contributed by atoms with Gasteiger partial charge in [0, 0.05) is 56.6 Å². The molecule has 2 aliphatic rings. The van der Waals surface area contributed by atoms with Crippen LogP contribution in [0, 0.1) is 11.6 Å². The molecule has 0 aliphatic carbocycles. The summed E-state index contributed by atoms with van der Waals surface area (Å²) in [5.74, 6) is -3.42. The van der Waals surface area contributed by atoms with Crippen molar-refractivity contribution in [2.24, 2.45) is 0 Å². The summed E-state index contributed by atoms with van der Waals surface area (Å²) in [4.78, 5) is 44.3. The molecule has 1 aromatic carbocycles. The van der Waals surface area contributed by atoms with E-state index in [1.807, 2.05) is 25.9 Å². The number of anilines is 2. The van der Waals surface area contributed by atoms with Crippen LogP contribution in [0.1, 0.15) is 55.6 Å². The first-order chi connectivity index (χ1) is 20.1. The molecule has 1 fully saturated rings. The normalized spacial score (nSPS) is 19.8. The third-order valence-corrected chi connectivity index (χ3v) is 7.74. The molecule has 4 rings (SSSR count). The Balaban J connectivity index is 1.79. The molecule has 2 aliphatic heterocycles. The number of aromatic nitrogens is 1. The highest BCUT2D eigenvalue weighted by Gasteiger charge is 2.37. The number of piperazine rings is 1. The SMILES string of the molecule is CC(C)OC(=O)N1CC=C(c2c(F)cc(N3C[C@@H](C)N(C)[C@@H](C)C3)c(NC(=O)c3c[nH]c(=O)cc3C(F)(F)F)c2F)CC1. The predicted octanol–water partition coefficient (Wildman–Crippen LogP) is 5.09. The van der Waals surface area contributed by atoms with Crippen molar-refractivity contribution in [2.75, 3.05) is 43.4 Å². The van der Waals surface area contributed by atoms with Gasteiger partial charge in [0.15, 0.2) is 5.82 Å². The quantitative estimate of drug-likeness (QED) is 0.458. The number of ether oxygens (including phenoxy) is 1. The molecule has 2 aromatic rings. The van der Waals surface area contributed by atoms with Gasteiger partial charge in [-0.1, -0.05) is 6.08 Å². The molecule has 0 saturated carbocycles. The zero-order valence-electron chi connectivity index (χ0n) is 24.4. The van der Waals surface area contributed by atoms with Crippen LogP contribution in [0.15, 0.2) is 29.2 Å². The Labute approximate surface area is 245 Å². The molecule has 14 heteroatoms. The maximum atomic E-state index is 16.4. The first kappa shape index (κ1) is 32.0. The van der Waals surface area contributed by atoms with Crippen molar-refractivity contribution < 1.29 is 36.3 Å². The van der Waals surface area contributed by atoms with Crippen molar-refractivity contribution in [3.05, 3.63) is 63.1 Å². The van der Waals surface area contributed by atoms with Gasteiger partial charge in [-0.05, 0) is 46.7 Å². The van der Waals surface area contributed by atoms with Crippen LogP contribution in [0.4, 0.5) is 38.1 Å². The number of pyridine rings is 1. The van der Waals surface area contributed by atoms with Gasteiger partial charge in [0.25, 0.3) is 5.91 Å². The van der Waals surface area contributed by atoms with Gasteiger partial charge in [0.2, 0.25) is 5.56 Å². The summed E-state index contributed by atoms with van der Waals surface area (Å²) in [6.07, 6.45) is -3.83. The van der Waals surface area contributed by atoms with Crippen LogP contribution >= 0.6 is 0 Å². The molecule has 2 N–H and O–H groups in total. The van der Waals surface area contributed by atoms with Crippen molar-refractivity contribution >= 4 is 28.9 Å². The standard InChI is InChI=1S/C29H34F5N5O4/c1-15(2)43-28(42)38-8-6-18(7-9-38)24-21(30)11-22(39-13-16(3)37(5)17(4)14-39)26(25(24)31)36-27(41)19-12-35-23(40)10-20(19)29(32,33)34/h6,10-12,15-17H,7-9,13-14H2,1-5H3,(H,35,40)(H,36,41)/t16-,17+.